The molecule has 0 bridgehead atoms. The molecule has 0 unspecified atom stereocenters. The Morgan fingerprint density at radius 1 is 1.26 bits per heavy atom. The minimum absolute atomic E-state index is 0.0186. The topological polar surface area (TPSA) is 29.1 Å². The second-order valence-electron chi connectivity index (χ2n) is 5.39. The van der Waals surface area contributed by atoms with Crippen molar-refractivity contribution in [2.75, 3.05) is 11.5 Å². The van der Waals surface area contributed by atoms with Crippen LogP contribution in [0, 0.1) is 0 Å². The third-order valence-corrected chi connectivity index (χ3v) is 6.51. The predicted octanol–water partition coefficient (Wildman–Crippen LogP) is 4.08. The summed E-state index contributed by atoms with van der Waals surface area (Å²) >= 11 is 3.97. The van der Waals surface area contributed by atoms with E-state index in [1.807, 2.05) is 49.5 Å². The lowest BCUT2D eigenvalue weighted by molar-refractivity contribution is 0.0911. The summed E-state index contributed by atoms with van der Waals surface area (Å²) in [6.07, 6.45) is 0.923. The number of carbonyl (C=O) groups excluding carboxylic acids is 1. The average molecular weight is 295 g/mol. The van der Waals surface area contributed by atoms with Gasteiger partial charge in [-0.3, -0.25) is 4.79 Å². The summed E-state index contributed by atoms with van der Waals surface area (Å²) < 4.78 is 0.546. The quantitative estimate of drug-likeness (QED) is 0.907. The van der Waals surface area contributed by atoms with Crippen LogP contribution in [0.3, 0.4) is 0 Å². The molecule has 2 rings (SSSR count). The molecule has 0 radical (unpaired) electrons. The molecule has 104 valence electrons. The lowest BCUT2D eigenvalue weighted by atomic mass is 10.0. The first kappa shape index (κ1) is 14.8. The first-order chi connectivity index (χ1) is 9.02. The fraction of sp³-hybridized carbons (Fsp3) is 0.533. The first-order valence-corrected chi connectivity index (χ1v) is 8.77. The molecule has 1 heterocycles. The zero-order valence-corrected chi connectivity index (χ0v) is 13.4. The van der Waals surface area contributed by atoms with Gasteiger partial charge in [0, 0.05) is 22.6 Å². The van der Waals surface area contributed by atoms with Gasteiger partial charge in [0.1, 0.15) is 0 Å². The highest BCUT2D eigenvalue weighted by molar-refractivity contribution is 8.19. The Bertz CT molecular complexity index is 436. The van der Waals surface area contributed by atoms with Crippen molar-refractivity contribution in [3.8, 4) is 0 Å². The van der Waals surface area contributed by atoms with Crippen LogP contribution in [0.2, 0.25) is 0 Å². The van der Waals surface area contributed by atoms with Gasteiger partial charge in [-0.05, 0) is 38.0 Å². The van der Waals surface area contributed by atoms with Crippen molar-refractivity contribution < 1.29 is 4.79 Å². The molecular weight excluding hydrogens is 274 g/mol. The molecule has 0 atom stereocenters. The lowest BCUT2D eigenvalue weighted by Gasteiger charge is -2.24. The summed E-state index contributed by atoms with van der Waals surface area (Å²) in [6, 6.07) is 8.05. The van der Waals surface area contributed by atoms with Crippen LogP contribution in [0.25, 0.3) is 0 Å². The Kier molecular flexibility index (Phi) is 4.85. The van der Waals surface area contributed by atoms with Gasteiger partial charge >= 0.3 is 0 Å². The number of hydrogen-bond donors (Lipinski definition) is 1. The van der Waals surface area contributed by atoms with Gasteiger partial charge in [0.2, 0.25) is 0 Å². The van der Waals surface area contributed by atoms with E-state index in [4.69, 9.17) is 0 Å². The molecular formula is C15H21NOS2. The fourth-order valence-corrected chi connectivity index (χ4v) is 4.67. The van der Waals surface area contributed by atoms with Crippen LogP contribution in [0.15, 0.2) is 24.3 Å². The molecule has 19 heavy (non-hydrogen) atoms. The zero-order valence-electron chi connectivity index (χ0n) is 11.7. The van der Waals surface area contributed by atoms with E-state index in [2.05, 4.69) is 24.4 Å². The minimum atomic E-state index is -0.146. The Morgan fingerprint density at radius 3 is 2.37 bits per heavy atom. The fourth-order valence-electron chi connectivity index (χ4n) is 1.81. The number of nitrogens with one attached hydrogen (secondary N) is 1. The van der Waals surface area contributed by atoms with E-state index in [-0.39, 0.29) is 11.4 Å². The van der Waals surface area contributed by atoms with Crippen molar-refractivity contribution in [3.05, 3.63) is 35.4 Å². The Morgan fingerprint density at radius 2 is 1.84 bits per heavy atom. The molecule has 4 heteroatoms. The van der Waals surface area contributed by atoms with Gasteiger partial charge in [0.15, 0.2) is 0 Å². The number of rotatable bonds is 4. The molecule has 1 aliphatic rings. The van der Waals surface area contributed by atoms with Crippen molar-refractivity contribution in [1.29, 1.82) is 0 Å². The van der Waals surface area contributed by atoms with Crippen molar-refractivity contribution in [2.45, 2.75) is 37.3 Å². The van der Waals surface area contributed by atoms with Gasteiger partial charge in [-0.2, -0.15) is 0 Å². The van der Waals surface area contributed by atoms with Crippen molar-refractivity contribution >= 4 is 29.4 Å². The van der Waals surface area contributed by atoms with Gasteiger partial charge in [0.25, 0.3) is 5.91 Å². The van der Waals surface area contributed by atoms with Crippen LogP contribution in [0.4, 0.5) is 0 Å². The number of carbonyl (C=O) groups is 1. The molecule has 1 fully saturated rings. The van der Waals surface area contributed by atoms with Gasteiger partial charge in [0.05, 0.1) is 4.58 Å². The molecule has 2 nitrogen and oxygen atoms in total. The average Bonchev–Trinajstić information content (AvgIpc) is 2.92. The molecule has 1 aromatic rings. The maximum atomic E-state index is 12.1. The predicted molar refractivity (Wildman–Crippen MR) is 85.9 cm³/mol. The number of hydrogen-bond acceptors (Lipinski definition) is 3. The molecule has 1 amide bonds. The summed E-state index contributed by atoms with van der Waals surface area (Å²) in [5, 5.41) is 3.06. The first-order valence-electron chi connectivity index (χ1n) is 6.67. The molecule has 0 aliphatic carbocycles. The molecule has 1 aliphatic heterocycles. The van der Waals surface area contributed by atoms with Gasteiger partial charge in [-0.25, -0.2) is 0 Å². The molecule has 0 saturated carbocycles. The van der Waals surface area contributed by atoms with Crippen LogP contribution < -0.4 is 5.32 Å². The second-order valence-corrected chi connectivity index (χ2v) is 8.11. The third kappa shape index (κ3) is 3.93. The molecule has 0 aromatic heterocycles. The number of amides is 1. The summed E-state index contributed by atoms with van der Waals surface area (Å²) in [7, 11) is 0. The molecule has 1 saturated heterocycles. The Balaban J connectivity index is 2.03. The van der Waals surface area contributed by atoms with E-state index >= 15 is 0 Å². The smallest absolute Gasteiger partial charge is 0.251 e. The maximum Gasteiger partial charge on any atom is 0.251 e. The number of thioether (sulfide) groups is 2. The van der Waals surface area contributed by atoms with E-state index < -0.39 is 0 Å². The third-order valence-electron chi connectivity index (χ3n) is 3.40. The Labute approximate surface area is 124 Å². The summed E-state index contributed by atoms with van der Waals surface area (Å²) in [5.74, 6) is 2.47. The minimum Gasteiger partial charge on any atom is -0.347 e. The van der Waals surface area contributed by atoms with Crippen LogP contribution in [-0.4, -0.2) is 23.0 Å². The van der Waals surface area contributed by atoms with Gasteiger partial charge in [-0.15, -0.1) is 23.5 Å². The van der Waals surface area contributed by atoms with Crippen LogP contribution in [0.5, 0.6) is 0 Å². The second kappa shape index (κ2) is 6.23. The molecule has 1 N–H and O–H groups in total. The zero-order chi connectivity index (χ0) is 13.9. The number of benzene rings is 1. The van der Waals surface area contributed by atoms with Crippen molar-refractivity contribution in [1.82, 2.24) is 5.32 Å². The van der Waals surface area contributed by atoms with Crippen LogP contribution in [-0.2, 0) is 0 Å². The Hall–Kier alpha value is -0.610. The van der Waals surface area contributed by atoms with Crippen LogP contribution >= 0.6 is 23.5 Å². The van der Waals surface area contributed by atoms with E-state index in [9.17, 15) is 4.79 Å². The summed E-state index contributed by atoms with van der Waals surface area (Å²) in [6.45, 7) is 6.17. The summed E-state index contributed by atoms with van der Waals surface area (Å²) in [4.78, 5) is 12.1. The van der Waals surface area contributed by atoms with Crippen molar-refractivity contribution in [2.24, 2.45) is 0 Å². The van der Waals surface area contributed by atoms with E-state index in [1.54, 1.807) is 0 Å². The SMILES string of the molecule is CCC(C)(C)NC(=O)c1ccc(C2SCCS2)cc1. The highest BCUT2D eigenvalue weighted by Crippen LogP contribution is 2.45. The van der Waals surface area contributed by atoms with E-state index in [0.717, 1.165) is 12.0 Å². The highest BCUT2D eigenvalue weighted by Gasteiger charge is 2.20. The molecule has 0 spiro atoms. The lowest BCUT2D eigenvalue weighted by Crippen LogP contribution is -2.42. The standard InChI is InChI=1S/C15H21NOS2/c1-4-15(2,3)16-13(17)11-5-7-12(8-6-11)14-18-9-10-19-14/h5-8,14H,4,9-10H2,1-3H3,(H,16,17). The van der Waals surface area contributed by atoms with E-state index in [1.165, 1.54) is 17.1 Å². The monoisotopic (exact) mass is 295 g/mol. The van der Waals surface area contributed by atoms with Crippen molar-refractivity contribution in [3.63, 3.8) is 0 Å². The van der Waals surface area contributed by atoms with E-state index in [0.29, 0.717) is 4.58 Å². The van der Waals surface area contributed by atoms with Gasteiger partial charge in [-0.1, -0.05) is 19.1 Å². The van der Waals surface area contributed by atoms with Gasteiger partial charge < -0.3 is 5.32 Å². The van der Waals surface area contributed by atoms with Crippen LogP contribution in [0.1, 0.15) is 47.7 Å². The molecule has 1 aromatic carbocycles. The largest absolute Gasteiger partial charge is 0.347 e. The summed E-state index contributed by atoms with van der Waals surface area (Å²) in [5.41, 5.74) is 1.92. The normalized spacial score (nSPS) is 16.6. The highest BCUT2D eigenvalue weighted by atomic mass is 32.2. The maximum absolute atomic E-state index is 12.1.